The number of esters is 1. The first-order valence-electron chi connectivity index (χ1n) is 6.03. The Hall–Kier alpha value is -0.530. The molecule has 0 radical (unpaired) electrons. The zero-order chi connectivity index (χ0) is 9.60. The Morgan fingerprint density at radius 2 is 1.79 bits per heavy atom. The summed E-state index contributed by atoms with van der Waals surface area (Å²) in [6.45, 7) is 0. The molecule has 1 saturated heterocycles. The third-order valence-electron chi connectivity index (χ3n) is 4.61. The number of hydrogen-bond acceptors (Lipinski definition) is 2. The third-order valence-corrected chi connectivity index (χ3v) is 4.61. The molecule has 1 spiro atoms. The fourth-order valence-corrected chi connectivity index (χ4v) is 4.02. The molecule has 2 saturated carbocycles. The third kappa shape index (κ3) is 1.06. The fraction of sp³-hybridized carbons (Fsp3) is 0.917. The Labute approximate surface area is 85.0 Å². The summed E-state index contributed by atoms with van der Waals surface area (Å²) in [5.74, 6) is 1.46. The van der Waals surface area contributed by atoms with Crippen LogP contribution < -0.4 is 0 Å². The van der Waals surface area contributed by atoms with Crippen LogP contribution in [0.25, 0.3) is 0 Å². The summed E-state index contributed by atoms with van der Waals surface area (Å²) in [4.78, 5) is 11.4. The lowest BCUT2D eigenvalue weighted by molar-refractivity contribution is -0.189. The number of carbonyl (C=O) groups is 1. The van der Waals surface area contributed by atoms with Crippen molar-refractivity contribution in [1.29, 1.82) is 0 Å². The van der Waals surface area contributed by atoms with Crippen molar-refractivity contribution in [3.8, 4) is 0 Å². The van der Waals surface area contributed by atoms with Crippen LogP contribution in [0.15, 0.2) is 0 Å². The summed E-state index contributed by atoms with van der Waals surface area (Å²) in [5.41, 5.74) is 0.00752. The average Bonchev–Trinajstić information content (AvgIpc) is 2.57. The predicted molar refractivity (Wildman–Crippen MR) is 52.7 cm³/mol. The van der Waals surface area contributed by atoms with E-state index in [0.717, 1.165) is 12.8 Å². The molecule has 3 atom stereocenters. The molecule has 0 bridgehead atoms. The van der Waals surface area contributed by atoms with Gasteiger partial charge in [0.15, 0.2) is 0 Å². The molecule has 0 amide bonds. The first-order valence-corrected chi connectivity index (χ1v) is 6.03. The highest BCUT2D eigenvalue weighted by Gasteiger charge is 2.54. The molecule has 1 aliphatic heterocycles. The molecule has 14 heavy (non-hydrogen) atoms. The second-order valence-electron chi connectivity index (χ2n) is 5.18. The largest absolute Gasteiger partial charge is 0.458 e. The van der Waals surface area contributed by atoms with Crippen LogP contribution in [0, 0.1) is 11.8 Å². The highest BCUT2D eigenvalue weighted by molar-refractivity contribution is 5.71. The average molecular weight is 194 g/mol. The summed E-state index contributed by atoms with van der Waals surface area (Å²) in [5, 5.41) is 0. The van der Waals surface area contributed by atoms with Gasteiger partial charge in [-0.05, 0) is 50.4 Å². The van der Waals surface area contributed by atoms with Crippen LogP contribution in [0.2, 0.25) is 0 Å². The van der Waals surface area contributed by atoms with Crippen LogP contribution in [0.1, 0.15) is 51.4 Å². The fourth-order valence-electron chi connectivity index (χ4n) is 4.02. The summed E-state index contributed by atoms with van der Waals surface area (Å²) in [6.07, 6.45) is 9.42. The Morgan fingerprint density at radius 3 is 2.64 bits per heavy atom. The van der Waals surface area contributed by atoms with Gasteiger partial charge < -0.3 is 4.74 Å². The second kappa shape index (κ2) is 2.98. The van der Waals surface area contributed by atoms with E-state index in [2.05, 4.69) is 0 Å². The van der Waals surface area contributed by atoms with Crippen LogP contribution in [0.3, 0.4) is 0 Å². The van der Waals surface area contributed by atoms with E-state index in [0.29, 0.717) is 18.3 Å². The first kappa shape index (κ1) is 8.75. The molecular formula is C12H18O2. The molecule has 0 aromatic heterocycles. The molecule has 1 heterocycles. The van der Waals surface area contributed by atoms with Crippen molar-refractivity contribution in [1.82, 2.24) is 0 Å². The molecule has 3 fully saturated rings. The van der Waals surface area contributed by atoms with Crippen LogP contribution in [-0.4, -0.2) is 11.6 Å². The van der Waals surface area contributed by atoms with Gasteiger partial charge in [-0.25, -0.2) is 0 Å². The van der Waals surface area contributed by atoms with Gasteiger partial charge in [-0.3, -0.25) is 4.79 Å². The van der Waals surface area contributed by atoms with Gasteiger partial charge in [-0.2, -0.15) is 0 Å². The lowest BCUT2D eigenvalue weighted by atomic mass is 9.67. The van der Waals surface area contributed by atoms with Gasteiger partial charge in [0, 0.05) is 6.42 Å². The maximum atomic E-state index is 11.4. The van der Waals surface area contributed by atoms with Crippen LogP contribution in [0.5, 0.6) is 0 Å². The Morgan fingerprint density at radius 1 is 1.07 bits per heavy atom. The number of hydrogen-bond donors (Lipinski definition) is 0. The highest BCUT2D eigenvalue weighted by Crippen LogP contribution is 2.54. The summed E-state index contributed by atoms with van der Waals surface area (Å²) >= 11 is 0. The van der Waals surface area contributed by atoms with E-state index in [1.54, 1.807) is 0 Å². The monoisotopic (exact) mass is 194 g/mol. The van der Waals surface area contributed by atoms with Gasteiger partial charge in [0.1, 0.15) is 5.60 Å². The Bertz CT molecular complexity index is 261. The van der Waals surface area contributed by atoms with E-state index in [1.807, 2.05) is 0 Å². The topological polar surface area (TPSA) is 26.3 Å². The van der Waals surface area contributed by atoms with Gasteiger partial charge in [-0.15, -0.1) is 0 Å². The summed E-state index contributed by atoms with van der Waals surface area (Å²) in [7, 11) is 0. The molecule has 2 nitrogen and oxygen atoms in total. The molecular weight excluding hydrogens is 176 g/mol. The van der Waals surface area contributed by atoms with Gasteiger partial charge >= 0.3 is 5.97 Å². The van der Waals surface area contributed by atoms with Crippen LogP contribution >= 0.6 is 0 Å². The summed E-state index contributed by atoms with van der Waals surface area (Å²) < 4.78 is 5.76. The molecule has 0 aromatic carbocycles. The lowest BCUT2D eigenvalue weighted by Crippen LogP contribution is -2.51. The smallest absolute Gasteiger partial charge is 0.306 e. The normalized spacial score (nSPS) is 46.7. The maximum Gasteiger partial charge on any atom is 0.306 e. The highest BCUT2D eigenvalue weighted by atomic mass is 16.6. The molecule has 2 aliphatic carbocycles. The van der Waals surface area contributed by atoms with E-state index in [1.165, 1.54) is 32.1 Å². The van der Waals surface area contributed by atoms with Crippen LogP contribution in [0.4, 0.5) is 0 Å². The zero-order valence-corrected chi connectivity index (χ0v) is 8.63. The SMILES string of the molecule is O=C1CCC2CCCC3CCCC32O1. The maximum absolute atomic E-state index is 11.4. The Kier molecular flexibility index (Phi) is 1.86. The van der Waals surface area contributed by atoms with Gasteiger partial charge in [0.25, 0.3) is 0 Å². The van der Waals surface area contributed by atoms with Gasteiger partial charge in [-0.1, -0.05) is 6.42 Å². The minimum Gasteiger partial charge on any atom is -0.458 e. The zero-order valence-electron chi connectivity index (χ0n) is 8.63. The van der Waals surface area contributed by atoms with E-state index in [4.69, 9.17) is 4.74 Å². The summed E-state index contributed by atoms with van der Waals surface area (Å²) in [6, 6.07) is 0. The first-order chi connectivity index (χ1) is 6.81. The van der Waals surface area contributed by atoms with Gasteiger partial charge in [0.05, 0.1) is 0 Å². The molecule has 0 N–H and O–H groups in total. The van der Waals surface area contributed by atoms with Crippen molar-refractivity contribution in [2.24, 2.45) is 11.8 Å². The molecule has 3 rings (SSSR count). The van der Waals surface area contributed by atoms with E-state index >= 15 is 0 Å². The van der Waals surface area contributed by atoms with Crippen molar-refractivity contribution in [2.75, 3.05) is 0 Å². The molecule has 3 aliphatic rings. The standard InChI is InChI=1S/C12H18O2/c13-11-7-6-10-4-1-3-9-5-2-8-12(9,10)14-11/h9-10H,1-8H2. The molecule has 0 aromatic rings. The van der Waals surface area contributed by atoms with Crippen LogP contribution in [-0.2, 0) is 9.53 Å². The van der Waals surface area contributed by atoms with Crippen molar-refractivity contribution < 1.29 is 9.53 Å². The molecule has 2 heteroatoms. The number of rotatable bonds is 0. The number of carbonyl (C=O) groups excluding carboxylic acids is 1. The quantitative estimate of drug-likeness (QED) is 0.554. The van der Waals surface area contributed by atoms with E-state index < -0.39 is 0 Å². The second-order valence-corrected chi connectivity index (χ2v) is 5.18. The van der Waals surface area contributed by atoms with Crippen molar-refractivity contribution in [3.63, 3.8) is 0 Å². The minimum atomic E-state index is 0.00752. The lowest BCUT2D eigenvalue weighted by Gasteiger charge is -2.48. The van der Waals surface area contributed by atoms with Crippen molar-refractivity contribution in [3.05, 3.63) is 0 Å². The van der Waals surface area contributed by atoms with E-state index in [9.17, 15) is 4.79 Å². The Balaban J connectivity index is 1.92. The minimum absolute atomic E-state index is 0.00752. The van der Waals surface area contributed by atoms with Crippen molar-refractivity contribution in [2.45, 2.75) is 57.0 Å². The predicted octanol–water partition coefficient (Wildman–Crippen LogP) is 2.66. The van der Waals surface area contributed by atoms with Crippen molar-refractivity contribution >= 4 is 5.97 Å². The molecule has 78 valence electrons. The molecule has 3 unspecified atom stereocenters. The van der Waals surface area contributed by atoms with E-state index in [-0.39, 0.29) is 11.6 Å². The number of ether oxygens (including phenoxy) is 1. The van der Waals surface area contributed by atoms with Gasteiger partial charge in [0.2, 0.25) is 0 Å².